The second kappa shape index (κ2) is 10.4. The van der Waals surface area contributed by atoms with Crippen LogP contribution >= 0.6 is 0 Å². The van der Waals surface area contributed by atoms with Crippen molar-refractivity contribution in [2.45, 2.75) is 39.7 Å². The third-order valence-electron chi connectivity index (χ3n) is 7.19. The number of carbonyl (C=O) groups excluding carboxylic acids is 2. The zero-order chi connectivity index (χ0) is 30.5. The van der Waals surface area contributed by atoms with Crippen molar-refractivity contribution in [2.75, 3.05) is 12.8 Å². The molecule has 42 heavy (non-hydrogen) atoms. The molecule has 5 aromatic rings. The lowest BCUT2D eigenvalue weighted by atomic mass is 9.86. The Balaban J connectivity index is 1.79. The summed E-state index contributed by atoms with van der Waals surface area (Å²) in [5, 5.41) is 9.40. The van der Waals surface area contributed by atoms with Crippen molar-refractivity contribution in [2.24, 2.45) is 7.05 Å². The molecule has 0 unspecified atom stereocenters. The quantitative estimate of drug-likeness (QED) is 0.298. The van der Waals surface area contributed by atoms with E-state index in [0.29, 0.717) is 33.0 Å². The fourth-order valence-corrected chi connectivity index (χ4v) is 5.07. The summed E-state index contributed by atoms with van der Waals surface area (Å²) in [6, 6.07) is 11.6. The number of nitrogens with zero attached hydrogens (tertiary/aromatic N) is 4. The molecule has 0 aliphatic heterocycles. The number of carbonyl (C=O) groups is 2. The Hall–Kier alpha value is -5.06. The molecule has 2 heterocycles. The molecule has 0 amide bonds. The molecule has 0 bridgehead atoms. The van der Waals surface area contributed by atoms with Gasteiger partial charge in [0.15, 0.2) is 5.82 Å². The van der Waals surface area contributed by atoms with Crippen LogP contribution in [0.3, 0.4) is 0 Å². The van der Waals surface area contributed by atoms with Gasteiger partial charge in [-0.3, -0.25) is 14.3 Å². The van der Waals surface area contributed by atoms with Crippen LogP contribution in [0.15, 0.2) is 53.5 Å². The van der Waals surface area contributed by atoms with E-state index >= 15 is 4.39 Å². The van der Waals surface area contributed by atoms with Crippen LogP contribution in [0.2, 0.25) is 0 Å². The van der Waals surface area contributed by atoms with E-state index in [1.54, 1.807) is 43.4 Å². The number of anilines is 1. The van der Waals surface area contributed by atoms with Crippen molar-refractivity contribution in [1.29, 1.82) is 0 Å². The zero-order valence-electron chi connectivity index (χ0n) is 24.1. The molecule has 11 heteroatoms. The number of methoxy groups -OCH3 is 1. The van der Waals surface area contributed by atoms with Crippen molar-refractivity contribution in [3.05, 3.63) is 81.5 Å². The Labute approximate surface area is 240 Å². The topological polar surface area (TPSA) is 131 Å². The highest BCUT2D eigenvalue weighted by Gasteiger charge is 2.23. The van der Waals surface area contributed by atoms with Gasteiger partial charge in [0.05, 0.1) is 35.5 Å². The van der Waals surface area contributed by atoms with Gasteiger partial charge < -0.3 is 15.2 Å². The second-order valence-electron chi connectivity index (χ2n) is 11.0. The van der Waals surface area contributed by atoms with Gasteiger partial charge in [-0.2, -0.15) is 14.9 Å². The predicted molar refractivity (Wildman–Crippen MR) is 157 cm³/mol. The minimum absolute atomic E-state index is 0.112. The molecule has 0 saturated carbocycles. The minimum Gasteiger partial charge on any atom is -0.465 e. The summed E-state index contributed by atoms with van der Waals surface area (Å²) in [4.78, 5) is 38.4. The number of nitrogen functional groups attached to an aromatic ring is 1. The van der Waals surface area contributed by atoms with Gasteiger partial charge in [0.2, 0.25) is 0 Å². The van der Waals surface area contributed by atoms with E-state index in [-0.39, 0.29) is 34.5 Å². The molecule has 0 spiro atoms. The SMILES string of the molecule is COC(=O)c1cc(-c2cccc(-n3ncc4cc(C(C)(C)C)cc(F)c4c3=O)c2COC(C)=O)cc2c(N)nn(C)c12. The summed E-state index contributed by atoms with van der Waals surface area (Å²) in [6.45, 7) is 6.90. The van der Waals surface area contributed by atoms with Crippen molar-refractivity contribution in [3.63, 3.8) is 0 Å². The van der Waals surface area contributed by atoms with Crippen LogP contribution in [0.4, 0.5) is 10.2 Å². The Morgan fingerprint density at radius 1 is 1.12 bits per heavy atom. The van der Waals surface area contributed by atoms with Gasteiger partial charge >= 0.3 is 11.9 Å². The third-order valence-corrected chi connectivity index (χ3v) is 7.19. The maximum Gasteiger partial charge on any atom is 0.340 e. The molecular formula is C31H30FN5O5. The number of nitrogens with two attached hydrogens (primary N) is 1. The van der Waals surface area contributed by atoms with Gasteiger partial charge in [-0.1, -0.05) is 32.9 Å². The number of rotatable bonds is 5. The highest BCUT2D eigenvalue weighted by Crippen LogP contribution is 2.35. The second-order valence-corrected chi connectivity index (χ2v) is 11.0. The first-order valence-electron chi connectivity index (χ1n) is 13.1. The average molecular weight is 572 g/mol. The molecule has 5 rings (SSSR count). The number of hydrogen-bond acceptors (Lipinski definition) is 8. The number of esters is 2. The summed E-state index contributed by atoms with van der Waals surface area (Å²) >= 11 is 0. The van der Waals surface area contributed by atoms with Crippen molar-refractivity contribution >= 4 is 39.4 Å². The van der Waals surface area contributed by atoms with Crippen LogP contribution in [0.5, 0.6) is 0 Å². The Morgan fingerprint density at radius 3 is 2.52 bits per heavy atom. The Kier molecular flexibility index (Phi) is 7.05. The fourth-order valence-electron chi connectivity index (χ4n) is 5.07. The van der Waals surface area contributed by atoms with Crippen molar-refractivity contribution < 1.29 is 23.5 Å². The maximum absolute atomic E-state index is 15.4. The van der Waals surface area contributed by atoms with Crippen molar-refractivity contribution in [1.82, 2.24) is 19.6 Å². The van der Waals surface area contributed by atoms with Crippen LogP contribution in [0, 0.1) is 5.82 Å². The number of benzene rings is 3. The van der Waals surface area contributed by atoms with Gasteiger partial charge in [0.1, 0.15) is 12.4 Å². The molecule has 0 aliphatic rings. The normalized spacial score (nSPS) is 11.7. The smallest absolute Gasteiger partial charge is 0.340 e. The molecule has 0 fully saturated rings. The highest BCUT2D eigenvalue weighted by molar-refractivity contribution is 6.08. The first-order chi connectivity index (χ1) is 19.8. The first kappa shape index (κ1) is 28.5. The van der Waals surface area contributed by atoms with E-state index in [2.05, 4.69) is 10.2 Å². The Morgan fingerprint density at radius 2 is 1.86 bits per heavy atom. The van der Waals surface area contributed by atoms with Crippen LogP contribution in [-0.2, 0) is 33.3 Å². The molecular weight excluding hydrogens is 541 g/mol. The third kappa shape index (κ3) is 4.87. The summed E-state index contributed by atoms with van der Waals surface area (Å²) < 4.78 is 28.4. The molecule has 2 N–H and O–H groups in total. The predicted octanol–water partition coefficient (Wildman–Crippen LogP) is 4.81. The number of aryl methyl sites for hydroxylation is 1. The molecule has 2 aromatic heterocycles. The number of hydrogen-bond donors (Lipinski definition) is 1. The minimum atomic E-state index is -0.672. The number of halogens is 1. The summed E-state index contributed by atoms with van der Waals surface area (Å²) in [5.74, 6) is -1.59. The highest BCUT2D eigenvalue weighted by atomic mass is 19.1. The molecule has 3 aromatic carbocycles. The summed E-state index contributed by atoms with van der Waals surface area (Å²) in [6.07, 6.45) is 1.44. The Bertz CT molecular complexity index is 1970. The van der Waals surface area contributed by atoms with E-state index in [0.717, 1.165) is 10.2 Å². The van der Waals surface area contributed by atoms with Gasteiger partial charge in [-0.25, -0.2) is 9.18 Å². The van der Waals surface area contributed by atoms with Crippen molar-refractivity contribution in [3.8, 4) is 16.8 Å². The van der Waals surface area contributed by atoms with E-state index in [4.69, 9.17) is 15.2 Å². The van der Waals surface area contributed by atoms with Crippen LogP contribution in [-0.4, -0.2) is 38.6 Å². The van der Waals surface area contributed by atoms with Crippen LogP contribution in [0.1, 0.15) is 49.2 Å². The van der Waals surface area contributed by atoms with Gasteiger partial charge in [-0.15, -0.1) is 0 Å². The van der Waals surface area contributed by atoms with E-state index in [1.807, 2.05) is 20.8 Å². The fraction of sp³-hybridized carbons (Fsp3) is 0.258. The lowest BCUT2D eigenvalue weighted by Crippen LogP contribution is -2.24. The number of ether oxygens (including phenoxy) is 2. The maximum atomic E-state index is 15.4. The largest absolute Gasteiger partial charge is 0.465 e. The lowest BCUT2D eigenvalue weighted by Gasteiger charge is -2.20. The number of aromatic nitrogens is 4. The zero-order valence-corrected chi connectivity index (χ0v) is 24.1. The average Bonchev–Trinajstić information content (AvgIpc) is 3.23. The first-order valence-corrected chi connectivity index (χ1v) is 13.1. The number of fused-ring (bicyclic) bond motifs is 2. The standard InChI is InChI=1S/C31H30FN5O5/c1-16(38)42-15-23-20(17-11-21-27(36(5)35-28(21)33)22(12-17)30(40)41-6)8-7-9-25(23)37-29(39)26-18(14-34-37)10-19(13-24(26)32)31(2,3)4/h7-14H,15H2,1-6H3,(H2,33,35). The van der Waals surface area contributed by atoms with E-state index in [1.165, 1.54) is 31.0 Å². The molecule has 0 radical (unpaired) electrons. The van der Waals surface area contributed by atoms with E-state index < -0.39 is 23.3 Å². The lowest BCUT2D eigenvalue weighted by molar-refractivity contribution is -0.142. The van der Waals surface area contributed by atoms with Gasteiger partial charge in [-0.05, 0) is 52.4 Å². The van der Waals surface area contributed by atoms with Gasteiger partial charge in [0.25, 0.3) is 5.56 Å². The van der Waals surface area contributed by atoms with E-state index in [9.17, 15) is 14.4 Å². The van der Waals surface area contributed by atoms with Crippen LogP contribution in [0.25, 0.3) is 38.5 Å². The molecule has 0 atom stereocenters. The summed E-state index contributed by atoms with van der Waals surface area (Å²) in [5.41, 5.74) is 8.34. The molecule has 216 valence electrons. The van der Waals surface area contributed by atoms with Crippen LogP contribution < -0.4 is 11.3 Å². The molecule has 0 saturated heterocycles. The summed E-state index contributed by atoms with van der Waals surface area (Å²) in [7, 11) is 2.94. The monoisotopic (exact) mass is 571 g/mol. The molecule has 0 aliphatic carbocycles. The molecule has 10 nitrogen and oxygen atoms in total. The van der Waals surface area contributed by atoms with Gasteiger partial charge in [0, 0.05) is 30.3 Å².